The Morgan fingerprint density at radius 3 is 2.41 bits per heavy atom. The van der Waals surface area contributed by atoms with Crippen molar-refractivity contribution in [3.05, 3.63) is 48.6 Å². The maximum atomic E-state index is 12.0. The highest BCUT2D eigenvalue weighted by Crippen LogP contribution is 2.33. The second kappa shape index (κ2) is 13.2. The first-order valence-corrected chi connectivity index (χ1v) is 9.69. The lowest BCUT2D eigenvalue weighted by Crippen LogP contribution is -2.19. The van der Waals surface area contributed by atoms with E-state index in [1.807, 2.05) is 43.4 Å². The van der Waals surface area contributed by atoms with Crippen LogP contribution in [0, 0.1) is 11.8 Å². The van der Waals surface area contributed by atoms with Crippen LogP contribution in [0.15, 0.2) is 48.6 Å². The van der Waals surface area contributed by atoms with Crippen molar-refractivity contribution in [1.29, 1.82) is 0 Å². The maximum absolute atomic E-state index is 12.0. The molecule has 0 saturated heterocycles. The number of Topliss-reactive ketones (excluding diaryl/α,β-unsaturated/α-hetero) is 1. The van der Waals surface area contributed by atoms with E-state index >= 15 is 0 Å². The molecule has 4 atom stereocenters. The van der Waals surface area contributed by atoms with Crippen molar-refractivity contribution in [1.82, 2.24) is 0 Å². The van der Waals surface area contributed by atoms with E-state index in [1.54, 1.807) is 12.2 Å². The van der Waals surface area contributed by atoms with Crippen LogP contribution in [0.2, 0.25) is 0 Å². The van der Waals surface area contributed by atoms with Gasteiger partial charge in [-0.05, 0) is 32.1 Å². The Morgan fingerprint density at radius 1 is 1.15 bits per heavy atom. The molecule has 5 heteroatoms. The second-order valence-electron chi connectivity index (χ2n) is 6.84. The molecule has 1 aliphatic carbocycles. The van der Waals surface area contributed by atoms with Crippen LogP contribution in [-0.4, -0.2) is 39.3 Å². The van der Waals surface area contributed by atoms with Crippen molar-refractivity contribution in [3.8, 4) is 0 Å². The summed E-state index contributed by atoms with van der Waals surface area (Å²) in [5, 5.41) is 28.3. The second-order valence-corrected chi connectivity index (χ2v) is 6.84. The SMILES string of the molecule is CC[C@@H](O)/C=C/[C@@H]1C(=O)C[C@@H](O)[C@@H]1C/C=C\C/C=C\C/C=C\CCC(=O)O. The first kappa shape index (κ1) is 23.1. The van der Waals surface area contributed by atoms with Gasteiger partial charge < -0.3 is 15.3 Å². The molecular formula is C22H32O5. The maximum Gasteiger partial charge on any atom is 0.303 e. The summed E-state index contributed by atoms with van der Waals surface area (Å²) in [5.41, 5.74) is 0. The lowest BCUT2D eigenvalue weighted by atomic mass is 9.90. The Morgan fingerprint density at radius 2 is 1.78 bits per heavy atom. The molecule has 0 spiro atoms. The van der Waals surface area contributed by atoms with Crippen LogP contribution in [0.1, 0.15) is 51.9 Å². The summed E-state index contributed by atoms with van der Waals surface area (Å²) in [7, 11) is 0. The average molecular weight is 376 g/mol. The fourth-order valence-electron chi connectivity index (χ4n) is 3.03. The van der Waals surface area contributed by atoms with Gasteiger partial charge in [-0.25, -0.2) is 0 Å². The third-order valence-electron chi connectivity index (χ3n) is 4.67. The van der Waals surface area contributed by atoms with Gasteiger partial charge in [-0.2, -0.15) is 0 Å². The summed E-state index contributed by atoms with van der Waals surface area (Å²) in [6.45, 7) is 1.87. The standard InChI is InChI=1S/C22H32O5/c1-2-17(23)14-15-19-18(20(24)16-21(19)25)12-10-8-6-4-3-5-7-9-11-13-22(26)27/h3-4,7-10,14-15,17-20,23-24H,2,5-6,11-13,16H2,1H3,(H,26,27)/b4-3-,9-7-,10-8-,15-14+/t17-,18-,19+,20-/m1/s1. The molecule has 1 fully saturated rings. The summed E-state index contributed by atoms with van der Waals surface area (Å²) < 4.78 is 0. The number of carboxylic acid groups (broad SMARTS) is 1. The lowest BCUT2D eigenvalue weighted by molar-refractivity contribution is -0.136. The number of hydrogen-bond donors (Lipinski definition) is 3. The van der Waals surface area contributed by atoms with Crippen LogP contribution >= 0.6 is 0 Å². The van der Waals surface area contributed by atoms with E-state index in [2.05, 4.69) is 0 Å². The number of aliphatic carboxylic acids is 1. The zero-order valence-electron chi connectivity index (χ0n) is 16.0. The highest BCUT2D eigenvalue weighted by molar-refractivity contribution is 5.86. The summed E-state index contributed by atoms with van der Waals surface area (Å²) in [6.07, 6.45) is 17.8. The number of carbonyl (C=O) groups is 2. The number of carboxylic acids is 1. The Hall–Kier alpha value is -1.98. The highest BCUT2D eigenvalue weighted by atomic mass is 16.4. The van der Waals surface area contributed by atoms with Gasteiger partial charge in [0.1, 0.15) is 5.78 Å². The molecule has 1 aliphatic rings. The van der Waals surface area contributed by atoms with Gasteiger partial charge >= 0.3 is 5.97 Å². The molecule has 5 nitrogen and oxygen atoms in total. The van der Waals surface area contributed by atoms with Gasteiger partial charge in [0.05, 0.1) is 12.2 Å². The van der Waals surface area contributed by atoms with E-state index in [0.717, 1.165) is 12.8 Å². The number of carbonyl (C=O) groups excluding carboxylic acids is 1. The fraction of sp³-hybridized carbons (Fsp3) is 0.545. The van der Waals surface area contributed by atoms with E-state index in [-0.39, 0.29) is 30.5 Å². The molecule has 1 saturated carbocycles. The lowest BCUT2D eigenvalue weighted by Gasteiger charge is -2.16. The van der Waals surface area contributed by atoms with Gasteiger partial charge in [-0.15, -0.1) is 0 Å². The normalized spacial score (nSPS) is 24.9. The molecular weight excluding hydrogens is 344 g/mol. The molecule has 0 unspecified atom stereocenters. The van der Waals surface area contributed by atoms with Crippen molar-refractivity contribution < 1.29 is 24.9 Å². The van der Waals surface area contributed by atoms with Gasteiger partial charge in [-0.1, -0.05) is 55.5 Å². The highest BCUT2D eigenvalue weighted by Gasteiger charge is 2.39. The number of hydrogen-bond acceptors (Lipinski definition) is 4. The number of aliphatic hydroxyl groups is 2. The Labute approximate surface area is 161 Å². The van der Waals surface area contributed by atoms with Gasteiger partial charge in [0.25, 0.3) is 0 Å². The minimum atomic E-state index is -0.784. The van der Waals surface area contributed by atoms with E-state index < -0.39 is 18.2 Å². The van der Waals surface area contributed by atoms with E-state index in [0.29, 0.717) is 19.3 Å². The van der Waals surface area contributed by atoms with E-state index in [9.17, 15) is 19.8 Å². The fourth-order valence-corrected chi connectivity index (χ4v) is 3.03. The van der Waals surface area contributed by atoms with E-state index in [1.165, 1.54) is 0 Å². The summed E-state index contributed by atoms with van der Waals surface area (Å²) in [5.74, 6) is -1.20. The van der Waals surface area contributed by atoms with Gasteiger partial charge in [0, 0.05) is 24.7 Å². The molecule has 150 valence electrons. The smallest absolute Gasteiger partial charge is 0.303 e. The first-order chi connectivity index (χ1) is 13.0. The van der Waals surface area contributed by atoms with Crippen molar-refractivity contribution in [2.75, 3.05) is 0 Å². The Bertz CT molecular complexity index is 573. The Kier molecular flexibility index (Phi) is 11.3. The minimum absolute atomic E-state index is 0.0371. The van der Waals surface area contributed by atoms with Crippen molar-refractivity contribution in [2.45, 2.75) is 64.1 Å². The van der Waals surface area contributed by atoms with Crippen molar-refractivity contribution in [3.63, 3.8) is 0 Å². The van der Waals surface area contributed by atoms with Crippen LogP contribution in [0.4, 0.5) is 0 Å². The molecule has 3 N–H and O–H groups in total. The summed E-state index contributed by atoms with van der Waals surface area (Å²) in [4.78, 5) is 22.4. The van der Waals surface area contributed by atoms with Crippen LogP contribution in [0.25, 0.3) is 0 Å². The number of aliphatic hydroxyl groups excluding tert-OH is 2. The molecule has 0 amide bonds. The molecule has 0 heterocycles. The number of rotatable bonds is 12. The van der Waals surface area contributed by atoms with Gasteiger partial charge in [0.2, 0.25) is 0 Å². The molecule has 0 aromatic heterocycles. The summed E-state index contributed by atoms with van der Waals surface area (Å²) >= 11 is 0. The molecule has 0 radical (unpaired) electrons. The molecule has 0 aromatic carbocycles. The summed E-state index contributed by atoms with van der Waals surface area (Å²) in [6, 6.07) is 0. The molecule has 1 rings (SSSR count). The zero-order valence-corrected chi connectivity index (χ0v) is 16.0. The van der Waals surface area contributed by atoms with Crippen LogP contribution in [0.5, 0.6) is 0 Å². The first-order valence-electron chi connectivity index (χ1n) is 9.69. The topological polar surface area (TPSA) is 94.8 Å². The quantitative estimate of drug-likeness (QED) is 0.453. The Balaban J connectivity index is 2.35. The zero-order chi connectivity index (χ0) is 20.1. The third kappa shape index (κ3) is 9.50. The number of ketones is 1. The minimum Gasteiger partial charge on any atom is -0.481 e. The molecule has 0 bridgehead atoms. The predicted molar refractivity (Wildman–Crippen MR) is 106 cm³/mol. The molecule has 0 aromatic rings. The predicted octanol–water partition coefficient (Wildman–Crippen LogP) is 3.58. The van der Waals surface area contributed by atoms with E-state index in [4.69, 9.17) is 5.11 Å². The largest absolute Gasteiger partial charge is 0.481 e. The third-order valence-corrected chi connectivity index (χ3v) is 4.67. The van der Waals surface area contributed by atoms with Gasteiger partial charge in [-0.3, -0.25) is 9.59 Å². The van der Waals surface area contributed by atoms with Crippen molar-refractivity contribution >= 4 is 11.8 Å². The monoisotopic (exact) mass is 376 g/mol. The molecule has 0 aliphatic heterocycles. The number of allylic oxidation sites excluding steroid dienone is 7. The van der Waals surface area contributed by atoms with Crippen LogP contribution in [-0.2, 0) is 9.59 Å². The van der Waals surface area contributed by atoms with Crippen LogP contribution in [0.3, 0.4) is 0 Å². The average Bonchev–Trinajstić information content (AvgIpc) is 2.90. The molecule has 27 heavy (non-hydrogen) atoms. The van der Waals surface area contributed by atoms with Gasteiger partial charge in [0.15, 0.2) is 0 Å². The van der Waals surface area contributed by atoms with Crippen LogP contribution < -0.4 is 0 Å². The van der Waals surface area contributed by atoms with Crippen molar-refractivity contribution in [2.24, 2.45) is 11.8 Å².